The SMILES string of the molecule is C#Cc1cc(CNC(=O)C(=C)c2ccc(C(C)(C)C)nc2)cc(F)c1NS(C)(=O)=O. The number of carbonyl (C=O) groups is 1. The molecule has 2 aromatic rings. The van der Waals surface area contributed by atoms with Crippen LogP contribution in [0.15, 0.2) is 37.0 Å². The lowest BCUT2D eigenvalue weighted by molar-refractivity contribution is -0.115. The van der Waals surface area contributed by atoms with Gasteiger partial charge >= 0.3 is 0 Å². The van der Waals surface area contributed by atoms with Gasteiger partial charge in [0.05, 0.1) is 17.5 Å². The molecule has 0 aliphatic rings. The van der Waals surface area contributed by atoms with Gasteiger partial charge in [-0.1, -0.05) is 39.3 Å². The number of hydrogen-bond donors (Lipinski definition) is 2. The second-order valence-corrected chi connectivity index (χ2v) is 9.61. The average Bonchev–Trinajstić information content (AvgIpc) is 2.65. The predicted molar refractivity (Wildman–Crippen MR) is 117 cm³/mol. The number of terminal acetylenes is 1. The number of rotatable bonds is 6. The van der Waals surface area contributed by atoms with E-state index in [1.807, 2.05) is 26.8 Å². The molecule has 1 heterocycles. The summed E-state index contributed by atoms with van der Waals surface area (Å²) in [5.74, 6) is 0.972. The van der Waals surface area contributed by atoms with Crippen molar-refractivity contribution in [2.75, 3.05) is 11.0 Å². The molecule has 0 saturated heterocycles. The summed E-state index contributed by atoms with van der Waals surface area (Å²) in [6.07, 6.45) is 7.86. The van der Waals surface area contributed by atoms with Crippen LogP contribution in [0.3, 0.4) is 0 Å². The fraction of sp³-hybridized carbons (Fsp3) is 0.273. The summed E-state index contributed by atoms with van der Waals surface area (Å²) in [6.45, 7) is 9.90. The summed E-state index contributed by atoms with van der Waals surface area (Å²) >= 11 is 0. The van der Waals surface area contributed by atoms with Crippen molar-refractivity contribution in [2.24, 2.45) is 0 Å². The minimum Gasteiger partial charge on any atom is -0.348 e. The number of nitrogens with one attached hydrogen (secondary N) is 2. The van der Waals surface area contributed by atoms with Crippen LogP contribution in [-0.4, -0.2) is 25.6 Å². The van der Waals surface area contributed by atoms with E-state index in [0.717, 1.165) is 18.0 Å². The van der Waals surface area contributed by atoms with E-state index in [4.69, 9.17) is 6.42 Å². The smallest absolute Gasteiger partial charge is 0.251 e. The lowest BCUT2D eigenvalue weighted by atomic mass is 9.91. The van der Waals surface area contributed by atoms with Crippen molar-refractivity contribution in [3.8, 4) is 12.3 Å². The van der Waals surface area contributed by atoms with Gasteiger partial charge in [-0.15, -0.1) is 6.42 Å². The molecule has 30 heavy (non-hydrogen) atoms. The third-order valence-corrected chi connectivity index (χ3v) is 4.78. The Morgan fingerprint density at radius 2 is 1.97 bits per heavy atom. The number of benzene rings is 1. The minimum absolute atomic E-state index is 0.0177. The summed E-state index contributed by atoms with van der Waals surface area (Å²) in [4.78, 5) is 16.8. The van der Waals surface area contributed by atoms with Crippen molar-refractivity contribution < 1.29 is 17.6 Å². The Morgan fingerprint density at radius 3 is 2.47 bits per heavy atom. The molecule has 158 valence electrons. The van der Waals surface area contributed by atoms with Gasteiger partial charge in [0.1, 0.15) is 5.82 Å². The number of pyridine rings is 1. The molecule has 1 aromatic carbocycles. The van der Waals surface area contributed by atoms with E-state index in [1.54, 1.807) is 12.3 Å². The summed E-state index contributed by atoms with van der Waals surface area (Å²) in [7, 11) is -3.70. The van der Waals surface area contributed by atoms with Gasteiger partial charge in [-0.2, -0.15) is 0 Å². The van der Waals surface area contributed by atoms with Crippen molar-refractivity contribution in [1.29, 1.82) is 0 Å². The van der Waals surface area contributed by atoms with Crippen LogP contribution in [-0.2, 0) is 26.8 Å². The Labute approximate surface area is 176 Å². The van der Waals surface area contributed by atoms with Crippen LogP contribution >= 0.6 is 0 Å². The van der Waals surface area contributed by atoms with Gasteiger partial charge in [-0.25, -0.2) is 12.8 Å². The molecule has 1 amide bonds. The Kier molecular flexibility index (Phi) is 6.68. The molecular formula is C22H24FN3O3S. The quantitative estimate of drug-likeness (QED) is 0.545. The zero-order valence-corrected chi connectivity index (χ0v) is 18.2. The second kappa shape index (κ2) is 8.67. The summed E-state index contributed by atoms with van der Waals surface area (Å²) in [5, 5.41) is 2.65. The van der Waals surface area contributed by atoms with Crippen LogP contribution in [0.25, 0.3) is 5.57 Å². The number of hydrogen-bond acceptors (Lipinski definition) is 4. The molecule has 2 rings (SSSR count). The molecule has 0 fully saturated rings. The van der Waals surface area contributed by atoms with E-state index in [2.05, 4.69) is 27.5 Å². The van der Waals surface area contributed by atoms with E-state index in [-0.39, 0.29) is 28.8 Å². The first-order chi connectivity index (χ1) is 13.8. The van der Waals surface area contributed by atoms with Crippen LogP contribution in [0.4, 0.5) is 10.1 Å². The van der Waals surface area contributed by atoms with Crippen molar-refractivity contribution >= 4 is 27.2 Å². The van der Waals surface area contributed by atoms with Crippen molar-refractivity contribution in [2.45, 2.75) is 32.7 Å². The van der Waals surface area contributed by atoms with E-state index in [0.29, 0.717) is 11.1 Å². The predicted octanol–water partition coefficient (Wildman–Crippen LogP) is 3.20. The maximum absolute atomic E-state index is 14.3. The molecule has 8 heteroatoms. The highest BCUT2D eigenvalue weighted by atomic mass is 32.2. The number of halogens is 1. The zero-order valence-electron chi connectivity index (χ0n) is 17.3. The Hall–Kier alpha value is -3.18. The molecule has 0 unspecified atom stereocenters. The summed E-state index contributed by atoms with van der Waals surface area (Å²) < 4.78 is 39.2. The van der Waals surface area contributed by atoms with Crippen molar-refractivity contribution in [1.82, 2.24) is 10.3 Å². The normalized spacial score (nSPS) is 11.5. The van der Waals surface area contributed by atoms with Gasteiger partial charge < -0.3 is 5.32 Å². The van der Waals surface area contributed by atoms with Gasteiger partial charge in [0.2, 0.25) is 10.0 Å². The molecule has 0 spiro atoms. The molecule has 0 saturated carbocycles. The Bertz CT molecular complexity index is 1130. The molecule has 0 aliphatic carbocycles. The van der Waals surface area contributed by atoms with Crippen LogP contribution < -0.4 is 10.0 Å². The largest absolute Gasteiger partial charge is 0.348 e. The molecule has 0 bridgehead atoms. The second-order valence-electron chi connectivity index (χ2n) is 7.86. The van der Waals surface area contributed by atoms with Gasteiger partial charge in [0, 0.05) is 35.0 Å². The summed E-state index contributed by atoms with van der Waals surface area (Å²) in [6, 6.07) is 6.16. The third-order valence-electron chi connectivity index (χ3n) is 4.20. The monoisotopic (exact) mass is 429 g/mol. The molecule has 0 aliphatic heterocycles. The van der Waals surface area contributed by atoms with Gasteiger partial charge in [-0.05, 0) is 23.8 Å². The highest BCUT2D eigenvalue weighted by Gasteiger charge is 2.17. The molecule has 0 atom stereocenters. The first kappa shape index (κ1) is 23.1. The lowest BCUT2D eigenvalue weighted by Gasteiger charge is -2.18. The standard InChI is InChI=1S/C22H24FN3O3S/c1-7-16-10-15(11-18(23)20(16)26-30(6,28)29)12-25-21(27)14(2)17-8-9-19(24-13-17)22(3,4)5/h1,8-11,13,26H,2,12H2,3-6H3,(H,25,27). The molecule has 0 radical (unpaired) electrons. The molecule has 6 nitrogen and oxygen atoms in total. The number of aromatic nitrogens is 1. The molecule has 1 aromatic heterocycles. The van der Waals surface area contributed by atoms with Crippen LogP contribution in [0.2, 0.25) is 0 Å². The fourth-order valence-electron chi connectivity index (χ4n) is 2.60. The van der Waals surface area contributed by atoms with Gasteiger partial charge in [-0.3, -0.25) is 14.5 Å². The molecular weight excluding hydrogens is 405 g/mol. The average molecular weight is 430 g/mol. The van der Waals surface area contributed by atoms with Gasteiger partial charge in [0.15, 0.2) is 0 Å². The van der Waals surface area contributed by atoms with Gasteiger partial charge in [0.25, 0.3) is 5.91 Å². The van der Waals surface area contributed by atoms with Crippen LogP contribution in [0.5, 0.6) is 0 Å². The van der Waals surface area contributed by atoms with Crippen molar-refractivity contribution in [3.05, 3.63) is 65.2 Å². The fourth-order valence-corrected chi connectivity index (χ4v) is 3.18. The number of carbonyl (C=O) groups excluding carboxylic acids is 1. The number of amides is 1. The lowest BCUT2D eigenvalue weighted by Crippen LogP contribution is -2.24. The van der Waals surface area contributed by atoms with E-state index in [1.165, 1.54) is 6.07 Å². The topological polar surface area (TPSA) is 88.2 Å². The Morgan fingerprint density at radius 1 is 1.30 bits per heavy atom. The van der Waals surface area contributed by atoms with Crippen LogP contribution in [0.1, 0.15) is 43.2 Å². The first-order valence-corrected chi connectivity index (χ1v) is 10.9. The number of sulfonamides is 1. The first-order valence-electron chi connectivity index (χ1n) is 9.02. The number of anilines is 1. The minimum atomic E-state index is -3.70. The molecule has 2 N–H and O–H groups in total. The third kappa shape index (κ3) is 5.91. The number of nitrogens with zero attached hydrogens (tertiary/aromatic N) is 1. The van der Waals surface area contributed by atoms with E-state index in [9.17, 15) is 17.6 Å². The van der Waals surface area contributed by atoms with E-state index >= 15 is 0 Å². The Balaban J connectivity index is 2.13. The maximum atomic E-state index is 14.3. The highest BCUT2D eigenvalue weighted by molar-refractivity contribution is 7.92. The van der Waals surface area contributed by atoms with Crippen molar-refractivity contribution in [3.63, 3.8) is 0 Å². The summed E-state index contributed by atoms with van der Waals surface area (Å²) in [5.41, 5.74) is 1.68. The van der Waals surface area contributed by atoms with E-state index < -0.39 is 21.7 Å². The highest BCUT2D eigenvalue weighted by Crippen LogP contribution is 2.24. The van der Waals surface area contributed by atoms with Crippen LogP contribution in [0, 0.1) is 18.2 Å². The maximum Gasteiger partial charge on any atom is 0.251 e. The zero-order chi connectivity index (χ0) is 22.7.